The normalized spacial score (nSPS) is 21.7. The summed E-state index contributed by atoms with van der Waals surface area (Å²) in [6.07, 6.45) is 6.81. The molecule has 2 fully saturated rings. The first-order valence-electron chi connectivity index (χ1n) is 12.0. The molecule has 32 heavy (non-hydrogen) atoms. The van der Waals surface area contributed by atoms with Crippen LogP contribution in [0.25, 0.3) is 0 Å². The van der Waals surface area contributed by atoms with Crippen LogP contribution in [0, 0.1) is 5.92 Å². The number of rotatable bonds is 6. The van der Waals surface area contributed by atoms with E-state index < -0.39 is 0 Å². The summed E-state index contributed by atoms with van der Waals surface area (Å²) in [4.78, 5) is 17.4. The van der Waals surface area contributed by atoms with E-state index in [1.165, 1.54) is 30.2 Å². The fraction of sp³-hybridized carbons (Fsp3) is 0.625. The second-order valence-corrected chi connectivity index (χ2v) is 10.2. The highest BCUT2D eigenvalue weighted by Gasteiger charge is 2.27. The Kier molecular flexibility index (Phi) is 6.69. The molecule has 0 aliphatic carbocycles. The summed E-state index contributed by atoms with van der Waals surface area (Å²) in [7, 11) is 0. The number of ether oxygens (including phenoxy) is 1. The lowest BCUT2D eigenvalue weighted by molar-refractivity contribution is -0.116. The van der Waals surface area contributed by atoms with E-state index >= 15 is 0 Å². The minimum Gasteiger partial charge on any atom is -0.376 e. The van der Waals surface area contributed by atoms with Gasteiger partial charge in [-0.1, -0.05) is 36.9 Å². The smallest absolute Gasteiger partial charge is 0.237 e. The summed E-state index contributed by atoms with van der Waals surface area (Å²) in [6, 6.07) is 8.26. The minimum absolute atomic E-state index is 0.141. The average molecular weight is 456 g/mol. The highest BCUT2D eigenvalue weighted by molar-refractivity contribution is 7.99. The van der Waals surface area contributed by atoms with Crippen LogP contribution >= 0.6 is 11.8 Å². The molecule has 0 radical (unpaired) electrons. The summed E-state index contributed by atoms with van der Waals surface area (Å²) in [6.45, 7) is 6.73. The molecule has 4 heterocycles. The second kappa shape index (κ2) is 9.83. The zero-order valence-corrected chi connectivity index (χ0v) is 19.7. The molecule has 8 heteroatoms. The number of benzene rings is 1. The molecule has 172 valence electrons. The number of thioether (sulfide) groups is 1. The molecule has 2 aromatic rings. The van der Waals surface area contributed by atoms with E-state index in [0.29, 0.717) is 5.75 Å². The molecule has 0 saturated carbocycles. The van der Waals surface area contributed by atoms with E-state index in [2.05, 4.69) is 44.8 Å². The van der Waals surface area contributed by atoms with Crippen molar-refractivity contribution in [1.82, 2.24) is 14.8 Å². The zero-order valence-electron chi connectivity index (χ0n) is 18.9. The standard InChI is InChI=1S/C24H33N5O2S/c1-18-10-13-27(14-11-18)23-25-26-24(29(23)16-20-8-5-15-31-20)32-17-22(30)28-12-4-7-19-6-2-3-9-21(19)28/h2-3,6,9,18,20H,4-5,7-8,10-17H2,1H3/t20-/m1/s1. The van der Waals surface area contributed by atoms with Crippen molar-refractivity contribution < 1.29 is 9.53 Å². The van der Waals surface area contributed by atoms with Crippen molar-refractivity contribution in [1.29, 1.82) is 0 Å². The maximum atomic E-state index is 13.1. The summed E-state index contributed by atoms with van der Waals surface area (Å²) < 4.78 is 8.12. The number of para-hydroxylation sites is 1. The lowest BCUT2D eigenvalue weighted by Gasteiger charge is -2.31. The highest BCUT2D eigenvalue weighted by Crippen LogP contribution is 2.30. The minimum atomic E-state index is 0.141. The summed E-state index contributed by atoms with van der Waals surface area (Å²) in [5, 5.41) is 9.92. The first-order valence-corrected chi connectivity index (χ1v) is 13.0. The average Bonchev–Trinajstić information content (AvgIpc) is 3.48. The fourth-order valence-corrected chi connectivity index (χ4v) is 5.80. The molecule has 0 bridgehead atoms. The van der Waals surface area contributed by atoms with Gasteiger partial charge in [0, 0.05) is 31.9 Å². The van der Waals surface area contributed by atoms with Crippen molar-refractivity contribution in [2.24, 2.45) is 5.92 Å². The Hall–Kier alpha value is -2.06. The molecule has 0 unspecified atom stereocenters. The van der Waals surface area contributed by atoms with E-state index in [4.69, 9.17) is 4.74 Å². The van der Waals surface area contributed by atoms with E-state index in [0.717, 1.165) is 81.2 Å². The van der Waals surface area contributed by atoms with Crippen molar-refractivity contribution >= 4 is 29.3 Å². The van der Waals surface area contributed by atoms with Crippen LogP contribution in [-0.4, -0.2) is 58.8 Å². The molecule has 3 aliphatic rings. The Bertz CT molecular complexity index is 934. The molecule has 1 atom stereocenters. The maximum Gasteiger partial charge on any atom is 0.237 e. The Labute approximate surface area is 194 Å². The lowest BCUT2D eigenvalue weighted by atomic mass is 10.00. The van der Waals surface area contributed by atoms with Gasteiger partial charge >= 0.3 is 0 Å². The monoisotopic (exact) mass is 455 g/mol. The number of carbonyl (C=O) groups is 1. The van der Waals surface area contributed by atoms with Gasteiger partial charge in [-0.15, -0.1) is 10.2 Å². The van der Waals surface area contributed by atoms with Crippen LogP contribution in [-0.2, 0) is 22.5 Å². The van der Waals surface area contributed by atoms with Gasteiger partial charge < -0.3 is 14.5 Å². The van der Waals surface area contributed by atoms with Crippen LogP contribution in [0.1, 0.15) is 44.6 Å². The number of piperidine rings is 1. The Morgan fingerprint density at radius 3 is 2.78 bits per heavy atom. The quantitative estimate of drug-likeness (QED) is 0.618. The van der Waals surface area contributed by atoms with Gasteiger partial charge in [0.05, 0.1) is 18.4 Å². The SMILES string of the molecule is CC1CCN(c2nnc(SCC(=O)N3CCCc4ccccc43)n2C[C@H]2CCCO2)CC1. The van der Waals surface area contributed by atoms with Crippen LogP contribution in [0.5, 0.6) is 0 Å². The Balaban J connectivity index is 1.31. The van der Waals surface area contributed by atoms with Crippen molar-refractivity contribution in [2.45, 2.75) is 63.3 Å². The third-order valence-electron chi connectivity index (χ3n) is 6.91. The molecule has 5 rings (SSSR count). The third-order valence-corrected chi connectivity index (χ3v) is 7.86. The number of hydrogen-bond donors (Lipinski definition) is 0. The molecule has 3 aliphatic heterocycles. The topological polar surface area (TPSA) is 63.5 Å². The molecule has 0 spiro atoms. The predicted molar refractivity (Wildman–Crippen MR) is 127 cm³/mol. The molecule has 2 saturated heterocycles. The largest absolute Gasteiger partial charge is 0.376 e. The number of nitrogens with zero attached hydrogens (tertiary/aromatic N) is 5. The molecule has 1 aromatic carbocycles. The predicted octanol–water partition coefficient (Wildman–Crippen LogP) is 3.76. The van der Waals surface area contributed by atoms with Crippen LogP contribution in [0.2, 0.25) is 0 Å². The molecule has 7 nitrogen and oxygen atoms in total. The summed E-state index contributed by atoms with van der Waals surface area (Å²) >= 11 is 1.51. The molecule has 0 N–H and O–H groups in total. The van der Waals surface area contributed by atoms with E-state index in [9.17, 15) is 4.79 Å². The van der Waals surface area contributed by atoms with Crippen molar-refractivity contribution in [3.8, 4) is 0 Å². The summed E-state index contributed by atoms with van der Waals surface area (Å²) in [5.41, 5.74) is 2.33. The molecule has 1 amide bonds. The lowest BCUT2D eigenvalue weighted by Crippen LogP contribution is -2.37. The highest BCUT2D eigenvalue weighted by atomic mass is 32.2. The van der Waals surface area contributed by atoms with Gasteiger partial charge in [-0.05, 0) is 56.1 Å². The van der Waals surface area contributed by atoms with E-state index in [1.807, 2.05) is 11.0 Å². The summed E-state index contributed by atoms with van der Waals surface area (Å²) in [5.74, 6) is 2.21. The third kappa shape index (κ3) is 4.66. The second-order valence-electron chi connectivity index (χ2n) is 9.26. The number of fused-ring (bicyclic) bond motifs is 1. The van der Waals surface area contributed by atoms with Crippen molar-refractivity contribution in [3.05, 3.63) is 29.8 Å². The number of hydrogen-bond acceptors (Lipinski definition) is 6. The van der Waals surface area contributed by atoms with Gasteiger partial charge in [0.25, 0.3) is 0 Å². The molecular formula is C24H33N5O2S. The van der Waals surface area contributed by atoms with E-state index in [1.54, 1.807) is 0 Å². The maximum absolute atomic E-state index is 13.1. The molecular weight excluding hydrogens is 422 g/mol. The Morgan fingerprint density at radius 1 is 1.12 bits per heavy atom. The van der Waals surface area contributed by atoms with E-state index in [-0.39, 0.29) is 12.0 Å². The van der Waals surface area contributed by atoms with Gasteiger partial charge in [-0.2, -0.15) is 0 Å². The van der Waals surface area contributed by atoms with Gasteiger partial charge in [0.2, 0.25) is 11.9 Å². The number of carbonyl (C=O) groups excluding carboxylic acids is 1. The Morgan fingerprint density at radius 2 is 1.97 bits per heavy atom. The fourth-order valence-electron chi connectivity index (χ4n) is 4.98. The zero-order chi connectivity index (χ0) is 21.9. The number of amides is 1. The van der Waals surface area contributed by atoms with Crippen molar-refractivity contribution in [3.63, 3.8) is 0 Å². The number of aromatic nitrogens is 3. The van der Waals surface area contributed by atoms with Crippen LogP contribution < -0.4 is 9.80 Å². The number of anilines is 2. The van der Waals surface area contributed by atoms with Crippen molar-refractivity contribution in [2.75, 3.05) is 41.8 Å². The van der Waals surface area contributed by atoms with Gasteiger partial charge in [-0.25, -0.2) is 0 Å². The van der Waals surface area contributed by atoms with Gasteiger partial charge in [0.1, 0.15) is 0 Å². The first kappa shape index (κ1) is 21.8. The van der Waals surface area contributed by atoms with Crippen LogP contribution in [0.15, 0.2) is 29.4 Å². The van der Waals surface area contributed by atoms with Gasteiger partial charge in [0.15, 0.2) is 5.16 Å². The number of aryl methyl sites for hydroxylation is 1. The molecule has 1 aromatic heterocycles. The van der Waals surface area contributed by atoms with Gasteiger partial charge in [-0.3, -0.25) is 9.36 Å². The first-order chi connectivity index (χ1) is 15.7. The van der Waals surface area contributed by atoms with Crippen LogP contribution in [0.4, 0.5) is 11.6 Å². The van der Waals surface area contributed by atoms with Crippen LogP contribution in [0.3, 0.4) is 0 Å².